The maximum atomic E-state index is 12.0. The Balaban J connectivity index is 1.80. The number of ether oxygens (including phenoxy) is 2. The second-order valence-electron chi connectivity index (χ2n) is 5.03. The Hall–Kier alpha value is -2.24. The van der Waals surface area contributed by atoms with Crippen molar-refractivity contribution in [2.24, 2.45) is 0 Å². The molecule has 0 spiro atoms. The van der Waals surface area contributed by atoms with E-state index in [1.807, 2.05) is 26.0 Å². The van der Waals surface area contributed by atoms with E-state index in [4.69, 9.17) is 9.47 Å². The van der Waals surface area contributed by atoms with E-state index >= 15 is 0 Å². The van der Waals surface area contributed by atoms with Gasteiger partial charge in [0.1, 0.15) is 24.1 Å². The van der Waals surface area contributed by atoms with E-state index < -0.39 is 0 Å². The van der Waals surface area contributed by atoms with Crippen LogP contribution in [0, 0.1) is 0 Å². The van der Waals surface area contributed by atoms with Crippen LogP contribution in [0.1, 0.15) is 26.7 Å². The molecular formula is C16H22N2O4. The van der Waals surface area contributed by atoms with Crippen LogP contribution < -0.4 is 14.8 Å². The molecule has 0 bridgehead atoms. The quantitative estimate of drug-likeness (QED) is 0.748. The first kappa shape index (κ1) is 16.1. The molecule has 2 rings (SSSR count). The third-order valence-electron chi connectivity index (χ3n) is 3.40. The number of imide groups is 1. The van der Waals surface area contributed by atoms with Gasteiger partial charge in [-0.3, -0.25) is 9.69 Å². The number of urea groups is 1. The number of nitrogens with zero attached hydrogens (tertiary/aromatic N) is 1. The zero-order valence-corrected chi connectivity index (χ0v) is 13.0. The van der Waals surface area contributed by atoms with E-state index in [0.29, 0.717) is 18.8 Å². The summed E-state index contributed by atoms with van der Waals surface area (Å²) in [7, 11) is 0. The molecule has 0 unspecified atom stereocenters. The summed E-state index contributed by atoms with van der Waals surface area (Å²) in [4.78, 5) is 25.0. The zero-order valence-electron chi connectivity index (χ0n) is 13.0. The first-order valence-corrected chi connectivity index (χ1v) is 7.63. The molecule has 1 saturated heterocycles. The number of carbonyl (C=O) groups is 2. The molecule has 120 valence electrons. The van der Waals surface area contributed by atoms with Crippen molar-refractivity contribution in [1.82, 2.24) is 10.2 Å². The van der Waals surface area contributed by atoms with Crippen LogP contribution in [0.4, 0.5) is 4.79 Å². The van der Waals surface area contributed by atoms with Gasteiger partial charge in [-0.1, -0.05) is 13.3 Å². The van der Waals surface area contributed by atoms with Crippen molar-refractivity contribution in [1.29, 1.82) is 0 Å². The molecular weight excluding hydrogens is 284 g/mol. The monoisotopic (exact) mass is 306 g/mol. The van der Waals surface area contributed by atoms with Crippen molar-refractivity contribution < 1.29 is 19.1 Å². The maximum Gasteiger partial charge on any atom is 0.324 e. The van der Waals surface area contributed by atoms with E-state index in [2.05, 4.69) is 5.32 Å². The molecule has 0 saturated carbocycles. The SMILES string of the molecule is CCC[C@H]1NC(=O)N(CCOc2ccc(OCC)cc2)C1=O. The summed E-state index contributed by atoms with van der Waals surface area (Å²) in [5, 5.41) is 2.69. The Kier molecular flexibility index (Phi) is 5.63. The summed E-state index contributed by atoms with van der Waals surface area (Å²) in [6.45, 7) is 5.04. The van der Waals surface area contributed by atoms with E-state index in [9.17, 15) is 9.59 Å². The summed E-state index contributed by atoms with van der Waals surface area (Å²) in [5.74, 6) is 1.30. The normalized spacial score (nSPS) is 17.5. The summed E-state index contributed by atoms with van der Waals surface area (Å²) < 4.78 is 10.9. The average molecular weight is 306 g/mol. The molecule has 1 aliphatic heterocycles. The highest BCUT2D eigenvalue weighted by atomic mass is 16.5. The number of amides is 3. The lowest BCUT2D eigenvalue weighted by molar-refractivity contribution is -0.127. The Labute approximate surface area is 130 Å². The fourth-order valence-corrected chi connectivity index (χ4v) is 2.33. The fraction of sp³-hybridized carbons (Fsp3) is 0.500. The molecule has 22 heavy (non-hydrogen) atoms. The molecule has 1 aromatic rings. The van der Waals surface area contributed by atoms with Crippen LogP contribution >= 0.6 is 0 Å². The van der Waals surface area contributed by atoms with Gasteiger partial charge in [0.05, 0.1) is 13.2 Å². The van der Waals surface area contributed by atoms with Crippen LogP contribution in [0.25, 0.3) is 0 Å². The number of nitrogens with one attached hydrogen (secondary N) is 1. The summed E-state index contributed by atoms with van der Waals surface area (Å²) in [5.41, 5.74) is 0. The number of carbonyl (C=O) groups excluding carboxylic acids is 2. The van der Waals surface area contributed by atoms with Crippen LogP contribution in [0.5, 0.6) is 11.5 Å². The predicted molar refractivity (Wildman–Crippen MR) is 82.0 cm³/mol. The van der Waals surface area contributed by atoms with Crippen molar-refractivity contribution in [3.05, 3.63) is 24.3 Å². The van der Waals surface area contributed by atoms with Gasteiger partial charge in [-0.15, -0.1) is 0 Å². The Morgan fingerprint density at radius 1 is 1.09 bits per heavy atom. The van der Waals surface area contributed by atoms with E-state index in [-0.39, 0.29) is 31.1 Å². The molecule has 1 heterocycles. The van der Waals surface area contributed by atoms with Gasteiger partial charge >= 0.3 is 6.03 Å². The Morgan fingerprint density at radius 2 is 1.73 bits per heavy atom. The molecule has 1 aromatic carbocycles. The van der Waals surface area contributed by atoms with Gasteiger partial charge in [0.2, 0.25) is 0 Å². The van der Waals surface area contributed by atoms with Gasteiger partial charge in [-0.2, -0.15) is 0 Å². The lowest BCUT2D eigenvalue weighted by Gasteiger charge is -2.14. The van der Waals surface area contributed by atoms with Gasteiger partial charge in [0.25, 0.3) is 5.91 Å². The topological polar surface area (TPSA) is 67.9 Å². The minimum absolute atomic E-state index is 0.165. The summed E-state index contributed by atoms with van der Waals surface area (Å²) in [6.07, 6.45) is 1.52. The second kappa shape index (κ2) is 7.68. The van der Waals surface area contributed by atoms with Crippen LogP contribution in [0.2, 0.25) is 0 Å². The lowest BCUT2D eigenvalue weighted by Crippen LogP contribution is -2.35. The molecule has 1 aliphatic rings. The predicted octanol–water partition coefficient (Wildman–Crippen LogP) is 2.18. The Morgan fingerprint density at radius 3 is 2.32 bits per heavy atom. The molecule has 0 aliphatic carbocycles. The zero-order chi connectivity index (χ0) is 15.9. The van der Waals surface area contributed by atoms with Gasteiger partial charge < -0.3 is 14.8 Å². The van der Waals surface area contributed by atoms with Crippen LogP contribution in [-0.4, -0.2) is 42.6 Å². The third-order valence-corrected chi connectivity index (χ3v) is 3.40. The van der Waals surface area contributed by atoms with Crippen molar-refractivity contribution in [2.75, 3.05) is 19.8 Å². The maximum absolute atomic E-state index is 12.0. The summed E-state index contributed by atoms with van der Waals surface area (Å²) in [6, 6.07) is 6.53. The molecule has 1 atom stereocenters. The highest BCUT2D eigenvalue weighted by Gasteiger charge is 2.36. The molecule has 6 nitrogen and oxygen atoms in total. The smallest absolute Gasteiger partial charge is 0.324 e. The van der Waals surface area contributed by atoms with Gasteiger partial charge in [0, 0.05) is 0 Å². The molecule has 0 aromatic heterocycles. The number of hydrogen-bond acceptors (Lipinski definition) is 4. The largest absolute Gasteiger partial charge is 0.494 e. The molecule has 1 N–H and O–H groups in total. The van der Waals surface area contributed by atoms with Crippen molar-refractivity contribution in [3.8, 4) is 11.5 Å². The van der Waals surface area contributed by atoms with E-state index in [0.717, 1.165) is 12.2 Å². The minimum atomic E-state index is -0.386. The van der Waals surface area contributed by atoms with Crippen LogP contribution in [-0.2, 0) is 4.79 Å². The average Bonchev–Trinajstić information content (AvgIpc) is 2.77. The molecule has 1 fully saturated rings. The lowest BCUT2D eigenvalue weighted by atomic mass is 10.2. The van der Waals surface area contributed by atoms with Crippen molar-refractivity contribution in [2.45, 2.75) is 32.7 Å². The van der Waals surface area contributed by atoms with Crippen LogP contribution in [0.15, 0.2) is 24.3 Å². The third kappa shape index (κ3) is 3.90. The minimum Gasteiger partial charge on any atom is -0.494 e. The van der Waals surface area contributed by atoms with Crippen molar-refractivity contribution in [3.63, 3.8) is 0 Å². The van der Waals surface area contributed by atoms with Gasteiger partial charge in [-0.25, -0.2) is 4.79 Å². The van der Waals surface area contributed by atoms with Crippen LogP contribution in [0.3, 0.4) is 0 Å². The molecule has 3 amide bonds. The number of rotatable bonds is 8. The van der Waals surface area contributed by atoms with E-state index in [1.54, 1.807) is 12.1 Å². The first-order chi connectivity index (χ1) is 10.7. The highest BCUT2D eigenvalue weighted by Crippen LogP contribution is 2.18. The summed E-state index contributed by atoms with van der Waals surface area (Å²) >= 11 is 0. The number of benzene rings is 1. The highest BCUT2D eigenvalue weighted by molar-refractivity contribution is 6.04. The Bertz CT molecular complexity index is 515. The molecule has 6 heteroatoms. The second-order valence-corrected chi connectivity index (χ2v) is 5.03. The standard InChI is InChI=1S/C16H22N2O4/c1-3-5-14-15(19)18(16(20)17-14)10-11-22-13-8-6-12(7-9-13)21-4-2/h6-9,14H,3-5,10-11H2,1-2H3,(H,17,20)/t14-/m1/s1. The fourth-order valence-electron chi connectivity index (χ4n) is 2.33. The van der Waals surface area contributed by atoms with Gasteiger partial charge in [0.15, 0.2) is 0 Å². The molecule has 0 radical (unpaired) electrons. The first-order valence-electron chi connectivity index (χ1n) is 7.63. The number of hydrogen-bond donors (Lipinski definition) is 1. The van der Waals surface area contributed by atoms with Gasteiger partial charge in [-0.05, 0) is 37.6 Å². The van der Waals surface area contributed by atoms with E-state index in [1.165, 1.54) is 4.90 Å². The van der Waals surface area contributed by atoms with Crippen molar-refractivity contribution >= 4 is 11.9 Å².